The molecule has 1 heterocycles. The van der Waals surface area contributed by atoms with Gasteiger partial charge in [0.05, 0.1) is 6.33 Å². The Morgan fingerprint density at radius 2 is 1.95 bits per heavy atom. The van der Waals surface area contributed by atoms with E-state index in [0.717, 1.165) is 19.4 Å². The fourth-order valence-electron chi connectivity index (χ4n) is 1.87. The average molecular weight is 275 g/mol. The van der Waals surface area contributed by atoms with E-state index in [2.05, 4.69) is 10.3 Å². The van der Waals surface area contributed by atoms with E-state index in [1.807, 2.05) is 10.8 Å². The van der Waals surface area contributed by atoms with E-state index in [4.69, 9.17) is 0 Å². The Morgan fingerprint density at radius 1 is 1.20 bits per heavy atom. The molecule has 0 saturated carbocycles. The van der Waals surface area contributed by atoms with Crippen LogP contribution in [0.15, 0.2) is 36.9 Å². The van der Waals surface area contributed by atoms with Gasteiger partial charge >= 0.3 is 0 Å². The molecule has 20 heavy (non-hydrogen) atoms. The number of rotatable bonds is 6. The highest BCUT2D eigenvalue weighted by atomic mass is 16.3. The number of carbonyl (C=O) groups excluding carboxylic acids is 1. The molecule has 0 aliphatic rings. The Bertz CT molecular complexity index is 547. The number of imidazole rings is 1. The highest BCUT2D eigenvalue weighted by Gasteiger charge is 2.07. The minimum absolute atomic E-state index is 0.129. The topological polar surface area (TPSA) is 87.4 Å². The molecule has 6 heteroatoms. The third kappa shape index (κ3) is 4.01. The molecule has 0 aliphatic heterocycles. The van der Waals surface area contributed by atoms with Crippen LogP contribution >= 0.6 is 0 Å². The smallest absolute Gasteiger partial charge is 0.251 e. The van der Waals surface area contributed by atoms with Gasteiger partial charge in [-0.15, -0.1) is 0 Å². The first-order valence-electron chi connectivity index (χ1n) is 6.42. The number of aryl methyl sites for hydroxylation is 1. The Morgan fingerprint density at radius 3 is 2.60 bits per heavy atom. The van der Waals surface area contributed by atoms with Gasteiger partial charge in [0, 0.05) is 37.1 Å². The molecule has 1 aromatic carbocycles. The SMILES string of the molecule is O=C(NCCCCn1ccnc1)c1cc(O)cc(O)c1. The van der Waals surface area contributed by atoms with Crippen molar-refractivity contribution in [2.24, 2.45) is 0 Å². The van der Waals surface area contributed by atoms with E-state index in [9.17, 15) is 15.0 Å². The zero-order valence-electron chi connectivity index (χ0n) is 11.0. The van der Waals surface area contributed by atoms with Crippen LogP contribution in [0, 0.1) is 0 Å². The molecule has 0 bridgehead atoms. The lowest BCUT2D eigenvalue weighted by Gasteiger charge is -2.06. The van der Waals surface area contributed by atoms with Crippen LogP contribution in [-0.4, -0.2) is 32.2 Å². The summed E-state index contributed by atoms with van der Waals surface area (Å²) in [6.45, 7) is 1.41. The second-order valence-electron chi connectivity index (χ2n) is 4.50. The van der Waals surface area contributed by atoms with Crippen LogP contribution in [0.5, 0.6) is 11.5 Å². The summed E-state index contributed by atoms with van der Waals surface area (Å²) in [6, 6.07) is 3.82. The first-order valence-corrected chi connectivity index (χ1v) is 6.42. The zero-order chi connectivity index (χ0) is 14.4. The lowest BCUT2D eigenvalue weighted by molar-refractivity contribution is 0.0952. The highest BCUT2D eigenvalue weighted by molar-refractivity contribution is 5.94. The van der Waals surface area contributed by atoms with Gasteiger partial charge in [0.25, 0.3) is 5.91 Å². The van der Waals surface area contributed by atoms with Gasteiger partial charge in [0.2, 0.25) is 0 Å². The molecule has 0 atom stereocenters. The lowest BCUT2D eigenvalue weighted by Crippen LogP contribution is -2.24. The third-order valence-corrected chi connectivity index (χ3v) is 2.85. The van der Waals surface area contributed by atoms with Crippen molar-refractivity contribution >= 4 is 5.91 Å². The molecule has 6 nitrogen and oxygen atoms in total. The number of unbranched alkanes of at least 4 members (excludes halogenated alkanes) is 1. The predicted octanol–water partition coefficient (Wildman–Crippen LogP) is 1.50. The number of aromatic hydroxyl groups is 2. The second-order valence-corrected chi connectivity index (χ2v) is 4.50. The molecule has 1 amide bonds. The van der Waals surface area contributed by atoms with Crippen LogP contribution < -0.4 is 5.32 Å². The Labute approximate surface area is 116 Å². The van der Waals surface area contributed by atoms with Crippen LogP contribution in [0.3, 0.4) is 0 Å². The van der Waals surface area contributed by atoms with Gasteiger partial charge in [-0.05, 0) is 25.0 Å². The molecule has 3 N–H and O–H groups in total. The molecule has 2 rings (SSSR count). The predicted molar refractivity (Wildman–Crippen MR) is 73.6 cm³/mol. The maximum absolute atomic E-state index is 11.8. The van der Waals surface area contributed by atoms with Crippen LogP contribution in [0.25, 0.3) is 0 Å². The highest BCUT2D eigenvalue weighted by Crippen LogP contribution is 2.20. The van der Waals surface area contributed by atoms with Crippen molar-refractivity contribution in [2.75, 3.05) is 6.54 Å². The summed E-state index contributed by atoms with van der Waals surface area (Å²) in [5.41, 5.74) is 0.247. The molecule has 0 aliphatic carbocycles. The van der Waals surface area contributed by atoms with E-state index in [1.54, 1.807) is 12.5 Å². The van der Waals surface area contributed by atoms with E-state index in [0.29, 0.717) is 6.54 Å². The van der Waals surface area contributed by atoms with Crippen molar-refractivity contribution < 1.29 is 15.0 Å². The van der Waals surface area contributed by atoms with Crippen LogP contribution in [0.4, 0.5) is 0 Å². The van der Waals surface area contributed by atoms with E-state index >= 15 is 0 Å². The first-order chi connectivity index (χ1) is 9.65. The summed E-state index contributed by atoms with van der Waals surface area (Å²) in [7, 11) is 0. The maximum Gasteiger partial charge on any atom is 0.251 e. The number of hydrogen-bond donors (Lipinski definition) is 3. The maximum atomic E-state index is 11.8. The van der Waals surface area contributed by atoms with Crippen molar-refractivity contribution in [3.63, 3.8) is 0 Å². The largest absolute Gasteiger partial charge is 0.508 e. The van der Waals surface area contributed by atoms with Crippen molar-refractivity contribution in [2.45, 2.75) is 19.4 Å². The van der Waals surface area contributed by atoms with Gasteiger partial charge in [-0.25, -0.2) is 4.98 Å². The standard InChI is InChI=1S/C14H17N3O3/c18-12-7-11(8-13(19)9-12)14(20)16-3-1-2-5-17-6-4-15-10-17/h4,6-10,18-19H,1-3,5H2,(H,16,20). The summed E-state index contributed by atoms with van der Waals surface area (Å²) in [5, 5.41) is 21.4. The Balaban J connectivity index is 1.72. The van der Waals surface area contributed by atoms with Gasteiger partial charge in [-0.3, -0.25) is 4.79 Å². The molecule has 0 saturated heterocycles. The van der Waals surface area contributed by atoms with Crippen molar-refractivity contribution in [1.82, 2.24) is 14.9 Å². The van der Waals surface area contributed by atoms with Gasteiger partial charge in [0.15, 0.2) is 0 Å². The number of hydrogen-bond acceptors (Lipinski definition) is 4. The van der Waals surface area contributed by atoms with Gasteiger partial charge in [0.1, 0.15) is 11.5 Å². The molecule has 1 aromatic heterocycles. The molecule has 0 radical (unpaired) electrons. The van der Waals surface area contributed by atoms with E-state index in [1.165, 1.54) is 18.2 Å². The van der Waals surface area contributed by atoms with Gasteiger partial charge in [-0.2, -0.15) is 0 Å². The Kier molecular flexibility index (Phi) is 4.60. The normalized spacial score (nSPS) is 10.4. The molecular formula is C14H17N3O3. The summed E-state index contributed by atoms with van der Waals surface area (Å²) >= 11 is 0. The molecule has 0 fully saturated rings. The van der Waals surface area contributed by atoms with Gasteiger partial charge in [-0.1, -0.05) is 0 Å². The number of phenolic OH excluding ortho intramolecular Hbond substituents is 2. The number of benzene rings is 1. The van der Waals surface area contributed by atoms with Crippen molar-refractivity contribution in [3.05, 3.63) is 42.5 Å². The monoisotopic (exact) mass is 275 g/mol. The summed E-state index contributed by atoms with van der Waals surface area (Å²) < 4.78 is 1.98. The summed E-state index contributed by atoms with van der Waals surface area (Å²) in [4.78, 5) is 15.7. The summed E-state index contributed by atoms with van der Waals surface area (Å²) in [5.74, 6) is -0.565. The molecule has 0 unspecified atom stereocenters. The van der Waals surface area contributed by atoms with Crippen LogP contribution in [0.2, 0.25) is 0 Å². The number of phenols is 2. The molecule has 2 aromatic rings. The number of nitrogens with one attached hydrogen (secondary N) is 1. The minimum atomic E-state index is -0.307. The number of carbonyl (C=O) groups is 1. The summed E-state index contributed by atoms with van der Waals surface area (Å²) in [6.07, 6.45) is 7.16. The molecular weight excluding hydrogens is 258 g/mol. The quantitative estimate of drug-likeness (QED) is 0.697. The minimum Gasteiger partial charge on any atom is -0.508 e. The second kappa shape index (κ2) is 6.60. The fourth-order valence-corrected chi connectivity index (χ4v) is 1.87. The number of nitrogens with zero attached hydrogens (tertiary/aromatic N) is 2. The fraction of sp³-hybridized carbons (Fsp3) is 0.286. The van der Waals surface area contributed by atoms with E-state index < -0.39 is 0 Å². The van der Waals surface area contributed by atoms with Crippen LogP contribution in [-0.2, 0) is 6.54 Å². The molecule has 106 valence electrons. The number of amides is 1. The van der Waals surface area contributed by atoms with Gasteiger partial charge < -0.3 is 20.1 Å². The zero-order valence-corrected chi connectivity index (χ0v) is 11.0. The Hall–Kier alpha value is -2.50. The molecule has 0 spiro atoms. The average Bonchev–Trinajstić information content (AvgIpc) is 2.90. The van der Waals surface area contributed by atoms with Crippen LogP contribution in [0.1, 0.15) is 23.2 Å². The van der Waals surface area contributed by atoms with Crippen molar-refractivity contribution in [1.29, 1.82) is 0 Å². The van der Waals surface area contributed by atoms with E-state index in [-0.39, 0.29) is 23.0 Å². The first kappa shape index (κ1) is 13.9. The third-order valence-electron chi connectivity index (χ3n) is 2.85. The van der Waals surface area contributed by atoms with Crippen molar-refractivity contribution in [3.8, 4) is 11.5 Å². The number of aromatic nitrogens is 2. The lowest BCUT2D eigenvalue weighted by atomic mass is 10.2.